The fourth-order valence-electron chi connectivity index (χ4n) is 1.70. The van der Waals surface area contributed by atoms with Crippen molar-refractivity contribution in [3.05, 3.63) is 33.9 Å². The highest BCUT2D eigenvalue weighted by atomic mass is 35.5. The van der Waals surface area contributed by atoms with Gasteiger partial charge in [0.05, 0.1) is 10.5 Å². The van der Waals surface area contributed by atoms with Crippen LogP contribution in [0.3, 0.4) is 0 Å². The lowest BCUT2D eigenvalue weighted by Crippen LogP contribution is -2.33. The number of nitrogens with one attached hydrogen (secondary N) is 1. The zero-order valence-corrected chi connectivity index (χ0v) is 13.5. The number of rotatable bonds is 5. The van der Waals surface area contributed by atoms with Gasteiger partial charge in [-0.25, -0.2) is 8.42 Å². The summed E-state index contributed by atoms with van der Waals surface area (Å²) in [5, 5.41) is 13.2. The first-order valence-corrected chi connectivity index (χ1v) is 8.39. The summed E-state index contributed by atoms with van der Waals surface area (Å²) in [5.74, 6) is -1.31. The number of hydrogen-bond acceptors (Lipinski definition) is 5. The summed E-state index contributed by atoms with van der Waals surface area (Å²) in [4.78, 5) is 11.4. The molecular formula is C11H12ClN3O4S2. The third-order valence-electron chi connectivity index (χ3n) is 2.92. The highest BCUT2D eigenvalue weighted by Crippen LogP contribution is 2.27. The maximum atomic E-state index is 12.2. The van der Waals surface area contributed by atoms with Gasteiger partial charge in [-0.2, -0.15) is 9.82 Å². The van der Waals surface area contributed by atoms with Crippen LogP contribution in [0, 0.1) is 6.92 Å². The van der Waals surface area contributed by atoms with E-state index in [1.165, 1.54) is 23.0 Å². The molecule has 2 N–H and O–H groups in total. The molecule has 2 aromatic rings. The Kier molecular flexibility index (Phi) is 4.38. The molecule has 0 aromatic carbocycles. The molecule has 0 fully saturated rings. The first-order valence-electron chi connectivity index (χ1n) is 5.71. The number of hydrogen-bond donors (Lipinski definition) is 2. The minimum Gasteiger partial charge on any atom is -0.480 e. The van der Waals surface area contributed by atoms with E-state index in [4.69, 9.17) is 11.6 Å². The van der Waals surface area contributed by atoms with Gasteiger partial charge in [0.25, 0.3) is 10.0 Å². The Labute approximate surface area is 130 Å². The van der Waals surface area contributed by atoms with Crippen LogP contribution in [0.15, 0.2) is 22.5 Å². The number of aromatic nitrogens is 2. The quantitative estimate of drug-likeness (QED) is 0.852. The summed E-state index contributed by atoms with van der Waals surface area (Å²) < 4.78 is 28.3. The Hall–Kier alpha value is -1.42. The zero-order valence-electron chi connectivity index (χ0n) is 11.1. The van der Waals surface area contributed by atoms with E-state index in [0.717, 1.165) is 11.3 Å². The average Bonchev–Trinajstić information content (AvgIpc) is 2.96. The van der Waals surface area contributed by atoms with Gasteiger partial charge < -0.3 is 5.11 Å². The summed E-state index contributed by atoms with van der Waals surface area (Å²) in [7, 11) is -2.33. The predicted octanol–water partition coefficient (Wildman–Crippen LogP) is 1.55. The molecule has 2 heterocycles. The number of carboxylic acids is 1. The maximum absolute atomic E-state index is 12.2. The number of carbonyl (C=O) groups is 1. The van der Waals surface area contributed by atoms with Crippen molar-refractivity contribution in [3.8, 4) is 0 Å². The largest absolute Gasteiger partial charge is 0.480 e. The van der Waals surface area contributed by atoms with E-state index in [1.807, 2.05) is 0 Å². The van der Waals surface area contributed by atoms with Gasteiger partial charge in [-0.1, -0.05) is 11.6 Å². The van der Waals surface area contributed by atoms with E-state index in [0.29, 0.717) is 10.0 Å². The van der Waals surface area contributed by atoms with Crippen LogP contribution >= 0.6 is 22.9 Å². The first-order chi connectivity index (χ1) is 9.72. The number of sulfonamides is 1. The van der Waals surface area contributed by atoms with Gasteiger partial charge in [-0.05, 0) is 19.1 Å². The normalized spacial score (nSPS) is 13.3. The van der Waals surface area contributed by atoms with Gasteiger partial charge in [-0.15, -0.1) is 11.3 Å². The van der Waals surface area contributed by atoms with Crippen LogP contribution in [0.2, 0.25) is 4.34 Å². The van der Waals surface area contributed by atoms with Crippen LogP contribution in [-0.2, 0) is 21.9 Å². The smallest absolute Gasteiger partial charge is 0.326 e. The summed E-state index contributed by atoms with van der Waals surface area (Å²) >= 11 is 6.56. The van der Waals surface area contributed by atoms with Crippen LogP contribution < -0.4 is 4.72 Å². The van der Waals surface area contributed by atoms with Crippen molar-refractivity contribution >= 4 is 38.9 Å². The van der Waals surface area contributed by atoms with Gasteiger partial charge in [0.1, 0.15) is 10.3 Å². The Morgan fingerprint density at radius 2 is 2.19 bits per heavy atom. The van der Waals surface area contributed by atoms with Crippen LogP contribution in [0.4, 0.5) is 0 Å². The minimum absolute atomic E-state index is 0.0414. The Morgan fingerprint density at radius 3 is 2.62 bits per heavy atom. The van der Waals surface area contributed by atoms with Crippen LogP contribution in [0.1, 0.15) is 17.3 Å². The zero-order chi connectivity index (χ0) is 15.8. The monoisotopic (exact) mass is 349 g/mol. The summed E-state index contributed by atoms with van der Waals surface area (Å²) in [6.07, 6.45) is 1.33. The third-order valence-corrected chi connectivity index (χ3v) is 6.06. The molecule has 21 heavy (non-hydrogen) atoms. The predicted molar refractivity (Wildman–Crippen MR) is 78.0 cm³/mol. The molecule has 0 radical (unpaired) electrons. The van der Waals surface area contributed by atoms with E-state index in [-0.39, 0.29) is 9.77 Å². The third kappa shape index (κ3) is 3.26. The van der Waals surface area contributed by atoms with E-state index >= 15 is 0 Å². The molecule has 2 aromatic heterocycles. The van der Waals surface area contributed by atoms with Gasteiger partial charge in [0.2, 0.25) is 0 Å². The second kappa shape index (κ2) is 5.76. The molecule has 2 rings (SSSR count). The van der Waals surface area contributed by atoms with Crippen LogP contribution in [-0.4, -0.2) is 29.3 Å². The maximum Gasteiger partial charge on any atom is 0.326 e. The molecule has 10 heteroatoms. The van der Waals surface area contributed by atoms with Gasteiger partial charge in [0, 0.05) is 18.3 Å². The van der Waals surface area contributed by atoms with Crippen molar-refractivity contribution in [2.45, 2.75) is 17.2 Å². The topological polar surface area (TPSA) is 101 Å². The average molecular weight is 350 g/mol. The lowest BCUT2D eigenvalue weighted by molar-refractivity contribution is -0.139. The lowest BCUT2D eigenvalue weighted by Gasteiger charge is -2.13. The summed E-state index contributed by atoms with van der Waals surface area (Å²) in [5.41, 5.74) is 0.852. The second-order valence-electron chi connectivity index (χ2n) is 4.26. The fourth-order valence-corrected chi connectivity index (χ4v) is 4.37. The van der Waals surface area contributed by atoms with E-state index in [1.54, 1.807) is 14.0 Å². The lowest BCUT2D eigenvalue weighted by atomic mass is 10.1. The number of aliphatic carboxylic acids is 1. The molecule has 0 saturated heterocycles. The second-order valence-corrected chi connectivity index (χ2v) is 7.92. The molecule has 0 spiro atoms. The van der Waals surface area contributed by atoms with Crippen molar-refractivity contribution in [1.82, 2.24) is 14.5 Å². The number of nitrogens with zero attached hydrogens (tertiary/aromatic N) is 2. The number of thiophene rings is 1. The van der Waals surface area contributed by atoms with Crippen molar-refractivity contribution in [3.63, 3.8) is 0 Å². The molecule has 0 bridgehead atoms. The first kappa shape index (κ1) is 16.0. The minimum atomic E-state index is -3.97. The van der Waals surface area contributed by atoms with E-state index in [9.17, 15) is 18.3 Å². The molecule has 0 aliphatic carbocycles. The van der Waals surface area contributed by atoms with Crippen molar-refractivity contribution in [2.24, 2.45) is 7.05 Å². The fraction of sp³-hybridized carbons (Fsp3) is 0.273. The van der Waals surface area contributed by atoms with Crippen LogP contribution in [0.25, 0.3) is 0 Å². The van der Waals surface area contributed by atoms with E-state index in [2.05, 4.69) is 9.82 Å². The summed E-state index contributed by atoms with van der Waals surface area (Å²) in [6, 6.07) is 1.35. The number of aryl methyl sites for hydroxylation is 1. The molecular weight excluding hydrogens is 338 g/mol. The standard InChI is InChI=1S/C11H12ClN3O4S2/c1-6-7(5-13-15(6)2)10(11(16)17)14-21(18,19)9-4-3-8(12)20-9/h3-5,10,14H,1-2H3,(H,16,17). The van der Waals surface area contributed by atoms with Crippen molar-refractivity contribution in [2.75, 3.05) is 0 Å². The molecule has 0 aliphatic heterocycles. The van der Waals surface area contributed by atoms with Gasteiger partial charge in [0.15, 0.2) is 0 Å². The van der Waals surface area contributed by atoms with Crippen molar-refractivity contribution in [1.29, 1.82) is 0 Å². The summed E-state index contributed by atoms with van der Waals surface area (Å²) in [6.45, 7) is 1.66. The molecule has 114 valence electrons. The van der Waals surface area contributed by atoms with E-state index < -0.39 is 22.0 Å². The SMILES string of the molecule is Cc1c(C(NS(=O)(=O)c2ccc(Cl)s2)C(=O)O)cnn1C. The highest BCUT2D eigenvalue weighted by molar-refractivity contribution is 7.91. The number of halogens is 1. The molecule has 1 atom stereocenters. The Morgan fingerprint density at radius 1 is 1.52 bits per heavy atom. The van der Waals surface area contributed by atoms with Gasteiger partial charge >= 0.3 is 5.97 Å². The molecule has 7 nitrogen and oxygen atoms in total. The molecule has 0 amide bonds. The number of carboxylic acid groups (broad SMARTS) is 1. The molecule has 1 unspecified atom stereocenters. The van der Waals surface area contributed by atoms with Crippen LogP contribution in [0.5, 0.6) is 0 Å². The molecule has 0 saturated carbocycles. The van der Waals surface area contributed by atoms with Crippen molar-refractivity contribution < 1.29 is 18.3 Å². The molecule has 0 aliphatic rings. The highest BCUT2D eigenvalue weighted by Gasteiger charge is 2.30. The van der Waals surface area contributed by atoms with Gasteiger partial charge in [-0.3, -0.25) is 9.48 Å². The Bertz CT molecular complexity index is 781. The Balaban J connectivity index is 2.37.